The van der Waals surface area contributed by atoms with Gasteiger partial charge in [0.25, 0.3) is 5.91 Å². The normalized spacial score (nSPS) is 10.2. The van der Waals surface area contributed by atoms with Gasteiger partial charge in [-0.25, -0.2) is 0 Å². The third-order valence-electron chi connectivity index (χ3n) is 4.66. The maximum Gasteiger partial charge on any atom is 0.306 e. The Morgan fingerprint density at radius 1 is 0.879 bits per heavy atom. The Bertz CT molecular complexity index is 1360. The summed E-state index contributed by atoms with van der Waals surface area (Å²) in [6, 6.07) is 23.6. The summed E-state index contributed by atoms with van der Waals surface area (Å²) in [4.78, 5) is 25.0. The lowest BCUT2D eigenvalue weighted by molar-refractivity contribution is 0.0831. The van der Waals surface area contributed by atoms with Gasteiger partial charge in [-0.2, -0.15) is 5.26 Å². The predicted octanol–water partition coefficient (Wildman–Crippen LogP) is 4.39. The number of phenols is 1. The van der Waals surface area contributed by atoms with Crippen LogP contribution in [0.5, 0.6) is 17.2 Å². The second kappa shape index (κ2) is 9.41. The molecule has 4 rings (SSSR count). The molecule has 0 unspecified atom stereocenters. The van der Waals surface area contributed by atoms with Crippen molar-refractivity contribution in [1.29, 1.82) is 5.26 Å². The monoisotopic (exact) mass is 439 g/mol. The summed E-state index contributed by atoms with van der Waals surface area (Å²) in [5.74, 6) is -0.313. The second-order valence-electron chi connectivity index (χ2n) is 6.86. The summed E-state index contributed by atoms with van der Waals surface area (Å²) in [6.45, 7) is 0. The number of furan rings is 1. The number of nitrogens with zero attached hydrogens (tertiary/aromatic N) is 1. The van der Waals surface area contributed by atoms with E-state index >= 15 is 0 Å². The molecule has 0 spiro atoms. The molecule has 33 heavy (non-hydrogen) atoms. The molecule has 0 fully saturated rings. The smallest absolute Gasteiger partial charge is 0.306 e. The number of hydrogen-bond acceptors (Lipinski definition) is 6. The van der Waals surface area contributed by atoms with E-state index in [4.69, 9.17) is 14.4 Å². The zero-order chi connectivity index (χ0) is 23.2. The van der Waals surface area contributed by atoms with E-state index in [2.05, 4.69) is 10.9 Å². The van der Waals surface area contributed by atoms with Gasteiger partial charge < -0.3 is 14.3 Å². The Balaban J connectivity index is 1.47. The first-order chi connectivity index (χ1) is 16.0. The van der Waals surface area contributed by atoms with Crippen LogP contribution in [-0.2, 0) is 0 Å². The van der Waals surface area contributed by atoms with E-state index in [0.29, 0.717) is 22.6 Å². The fourth-order valence-corrected chi connectivity index (χ4v) is 3.07. The maximum atomic E-state index is 12.6. The first kappa shape index (κ1) is 21.2. The zero-order valence-electron chi connectivity index (χ0n) is 17.1. The fourth-order valence-electron chi connectivity index (χ4n) is 3.07. The van der Waals surface area contributed by atoms with Gasteiger partial charge in [0.05, 0.1) is 11.8 Å². The van der Waals surface area contributed by atoms with E-state index in [1.54, 1.807) is 36.4 Å². The molecular formula is C25H17N3O5. The fraction of sp³-hybridized carbons (Fsp3) is 0. The van der Waals surface area contributed by atoms with Crippen LogP contribution in [-0.4, -0.2) is 16.9 Å². The third kappa shape index (κ3) is 4.84. The van der Waals surface area contributed by atoms with Crippen molar-refractivity contribution in [2.45, 2.75) is 0 Å². The standard InChI is InChI=1S/C25H17N3O5/c26-15-18-13-17(9-10-22(18)29)24(30)27-28-25(31)23-21(11-12-32-23)16-5-4-8-20(14-16)33-19-6-2-1-3-7-19/h1-14,29H,(H,27,30)(H,28,31). The highest BCUT2D eigenvalue weighted by Gasteiger charge is 2.18. The molecule has 0 bridgehead atoms. The minimum absolute atomic E-state index is 0.00409. The molecule has 2 amide bonds. The topological polar surface area (TPSA) is 125 Å². The van der Waals surface area contributed by atoms with Crippen LogP contribution in [0.25, 0.3) is 11.1 Å². The van der Waals surface area contributed by atoms with Gasteiger partial charge in [0.1, 0.15) is 23.3 Å². The summed E-state index contributed by atoms with van der Waals surface area (Å²) >= 11 is 0. The number of carbonyl (C=O) groups excluding carboxylic acids is 2. The molecule has 1 aromatic heterocycles. The molecule has 162 valence electrons. The van der Waals surface area contributed by atoms with Crippen LogP contribution in [0.3, 0.4) is 0 Å². The predicted molar refractivity (Wildman–Crippen MR) is 118 cm³/mol. The molecule has 8 heteroatoms. The maximum absolute atomic E-state index is 12.6. The summed E-state index contributed by atoms with van der Waals surface area (Å²) < 4.78 is 11.2. The highest BCUT2D eigenvalue weighted by atomic mass is 16.5. The number of amides is 2. The Labute approximate surface area is 188 Å². The van der Waals surface area contributed by atoms with Gasteiger partial charge in [-0.15, -0.1) is 0 Å². The van der Waals surface area contributed by atoms with E-state index in [9.17, 15) is 14.7 Å². The first-order valence-corrected chi connectivity index (χ1v) is 9.80. The Kier molecular flexibility index (Phi) is 6.05. The summed E-state index contributed by atoms with van der Waals surface area (Å²) in [5.41, 5.74) is 5.79. The lowest BCUT2D eigenvalue weighted by Gasteiger charge is -2.09. The summed E-state index contributed by atoms with van der Waals surface area (Å²) in [5, 5.41) is 18.5. The molecule has 0 aliphatic carbocycles. The molecule has 8 nitrogen and oxygen atoms in total. The van der Waals surface area contributed by atoms with Crippen molar-refractivity contribution in [3.05, 3.63) is 102 Å². The van der Waals surface area contributed by atoms with Gasteiger partial charge in [-0.05, 0) is 54.1 Å². The average molecular weight is 439 g/mol. The van der Waals surface area contributed by atoms with Crippen LogP contribution >= 0.6 is 0 Å². The number of para-hydroxylation sites is 1. The van der Waals surface area contributed by atoms with Gasteiger partial charge in [0.2, 0.25) is 5.76 Å². The summed E-state index contributed by atoms with van der Waals surface area (Å²) in [7, 11) is 0. The zero-order valence-corrected chi connectivity index (χ0v) is 17.1. The minimum atomic E-state index is -0.669. The van der Waals surface area contributed by atoms with Crippen LogP contribution in [0.1, 0.15) is 26.5 Å². The molecule has 3 N–H and O–H groups in total. The third-order valence-corrected chi connectivity index (χ3v) is 4.66. The number of nitriles is 1. The van der Waals surface area contributed by atoms with Crippen LogP contribution in [0, 0.1) is 11.3 Å². The van der Waals surface area contributed by atoms with E-state index in [0.717, 1.165) is 0 Å². The number of rotatable bonds is 5. The molecule has 0 aliphatic heterocycles. The van der Waals surface area contributed by atoms with E-state index < -0.39 is 11.8 Å². The Hall–Kier alpha value is -5.03. The highest BCUT2D eigenvalue weighted by molar-refractivity contribution is 6.01. The first-order valence-electron chi connectivity index (χ1n) is 9.80. The van der Waals surface area contributed by atoms with Gasteiger partial charge in [-0.1, -0.05) is 30.3 Å². The van der Waals surface area contributed by atoms with Crippen LogP contribution in [0.15, 0.2) is 89.5 Å². The number of ether oxygens (including phenoxy) is 1. The summed E-state index contributed by atoms with van der Waals surface area (Å²) in [6.07, 6.45) is 1.37. The lowest BCUT2D eigenvalue weighted by Crippen LogP contribution is -2.41. The molecule has 4 aromatic rings. The number of hydrogen-bond donors (Lipinski definition) is 3. The second-order valence-corrected chi connectivity index (χ2v) is 6.86. The van der Waals surface area contributed by atoms with Crippen LogP contribution in [0.2, 0.25) is 0 Å². The van der Waals surface area contributed by atoms with Crippen molar-refractivity contribution in [1.82, 2.24) is 10.9 Å². The number of aromatic hydroxyl groups is 1. The molecule has 0 saturated heterocycles. The van der Waals surface area contributed by atoms with Crippen molar-refractivity contribution in [3.8, 4) is 34.4 Å². The minimum Gasteiger partial charge on any atom is -0.507 e. The van der Waals surface area contributed by atoms with Crippen LogP contribution < -0.4 is 15.6 Å². The molecule has 1 heterocycles. The van der Waals surface area contributed by atoms with Crippen LogP contribution in [0.4, 0.5) is 0 Å². The Morgan fingerprint density at radius 3 is 2.42 bits per heavy atom. The largest absolute Gasteiger partial charge is 0.507 e. The van der Waals surface area contributed by atoms with Crippen molar-refractivity contribution >= 4 is 11.8 Å². The van der Waals surface area contributed by atoms with Gasteiger partial charge >= 0.3 is 5.91 Å². The SMILES string of the molecule is N#Cc1cc(C(=O)NNC(=O)c2occc2-c2cccc(Oc3ccccc3)c2)ccc1O. The van der Waals surface area contributed by atoms with Crippen molar-refractivity contribution in [2.24, 2.45) is 0 Å². The molecular weight excluding hydrogens is 422 g/mol. The molecule has 0 aliphatic rings. The van der Waals surface area contributed by atoms with Gasteiger partial charge in [-0.3, -0.25) is 20.4 Å². The molecule has 0 radical (unpaired) electrons. The van der Waals surface area contributed by atoms with Gasteiger partial charge in [0, 0.05) is 11.1 Å². The van der Waals surface area contributed by atoms with E-state index in [1.165, 1.54) is 24.5 Å². The Morgan fingerprint density at radius 2 is 1.64 bits per heavy atom. The number of benzene rings is 3. The number of phenolic OH excluding ortho intramolecular Hbond substituents is 1. The van der Waals surface area contributed by atoms with E-state index in [-0.39, 0.29) is 22.6 Å². The number of nitrogens with one attached hydrogen (secondary N) is 2. The van der Waals surface area contributed by atoms with Crippen molar-refractivity contribution in [2.75, 3.05) is 0 Å². The average Bonchev–Trinajstić information content (AvgIpc) is 3.34. The van der Waals surface area contributed by atoms with Crippen molar-refractivity contribution in [3.63, 3.8) is 0 Å². The molecule has 3 aromatic carbocycles. The molecule has 0 saturated carbocycles. The lowest BCUT2D eigenvalue weighted by atomic mass is 10.1. The number of carbonyl (C=O) groups is 2. The van der Waals surface area contributed by atoms with Gasteiger partial charge in [0.15, 0.2) is 0 Å². The molecule has 0 atom stereocenters. The number of hydrazine groups is 1. The highest BCUT2D eigenvalue weighted by Crippen LogP contribution is 2.30. The van der Waals surface area contributed by atoms with E-state index in [1.807, 2.05) is 30.3 Å². The van der Waals surface area contributed by atoms with Crippen molar-refractivity contribution < 1.29 is 23.8 Å². The quantitative estimate of drug-likeness (QED) is 0.396.